The van der Waals surface area contributed by atoms with Gasteiger partial charge in [-0.05, 0) is 6.07 Å². The zero-order valence-electron chi connectivity index (χ0n) is 6.50. The molecule has 1 rings (SSSR count). The Kier molecular flexibility index (Phi) is 3.35. The summed E-state index contributed by atoms with van der Waals surface area (Å²) in [5.41, 5.74) is 6.18. The number of rotatable bonds is 1. The van der Waals surface area contributed by atoms with E-state index in [4.69, 9.17) is 11.0 Å². The molecule has 1 aromatic rings. The van der Waals surface area contributed by atoms with Gasteiger partial charge in [0.15, 0.2) is 0 Å². The van der Waals surface area contributed by atoms with Crippen LogP contribution in [0.5, 0.6) is 0 Å². The van der Waals surface area contributed by atoms with Gasteiger partial charge in [0.1, 0.15) is 10.9 Å². The third-order valence-electron chi connectivity index (χ3n) is 1.21. The molecule has 2 N–H and O–H groups in total. The maximum absolute atomic E-state index is 8.51. The second-order valence-corrected chi connectivity index (χ2v) is 3.06. The molecule has 0 radical (unpaired) electrons. The van der Waals surface area contributed by atoms with Crippen LogP contribution >= 0.6 is 11.3 Å². The van der Waals surface area contributed by atoms with Gasteiger partial charge < -0.3 is 5.73 Å². The number of hydrogen-bond acceptors (Lipinski definition) is 3. The molecule has 0 aliphatic heterocycles. The molecule has 0 saturated heterocycles. The minimum absolute atomic E-state index is 0.586. The summed E-state index contributed by atoms with van der Waals surface area (Å²) in [6, 6.07) is 3.85. The zero-order chi connectivity index (χ0) is 8.81. The largest absolute Gasteiger partial charge is 0.330 e. The second-order valence-electron chi connectivity index (χ2n) is 2.15. The fraction of sp³-hybridized carbons (Fsp3) is 0.222. The minimum Gasteiger partial charge on any atom is -0.330 e. The lowest BCUT2D eigenvalue weighted by atomic mass is 10.3. The van der Waals surface area contributed by atoms with Crippen molar-refractivity contribution in [2.24, 2.45) is 5.73 Å². The molecule has 0 aliphatic carbocycles. The molecular weight excluding hydrogens is 168 g/mol. The molecule has 60 valence electrons. The van der Waals surface area contributed by atoms with Gasteiger partial charge in [0.25, 0.3) is 0 Å². The molecule has 2 nitrogen and oxygen atoms in total. The first kappa shape index (κ1) is 8.80. The lowest BCUT2D eigenvalue weighted by Crippen LogP contribution is -1.95. The smallest absolute Gasteiger partial charge is 0.110 e. The van der Waals surface area contributed by atoms with E-state index in [2.05, 4.69) is 17.9 Å². The normalized spacial score (nSPS) is 8.33. The van der Waals surface area contributed by atoms with E-state index in [9.17, 15) is 0 Å². The molecule has 1 heterocycles. The Morgan fingerprint density at radius 1 is 1.58 bits per heavy atom. The maximum Gasteiger partial charge on any atom is 0.110 e. The molecule has 0 unspecified atom stereocenters. The first-order valence-electron chi connectivity index (χ1n) is 3.54. The number of hydrogen-bond donors (Lipinski definition) is 1. The predicted octanol–water partition coefficient (Wildman–Crippen LogP) is 1.32. The monoisotopic (exact) mass is 176 g/mol. The highest BCUT2D eigenvalue weighted by Gasteiger charge is 1.93. The molecule has 0 saturated carbocycles. The Bertz CT molecular complexity index is 349. The summed E-state index contributed by atoms with van der Waals surface area (Å²) in [6.45, 7) is 0.586. The number of nitriles is 1. The predicted molar refractivity (Wildman–Crippen MR) is 49.6 cm³/mol. The van der Waals surface area contributed by atoms with Crippen LogP contribution in [0.3, 0.4) is 0 Å². The highest BCUT2D eigenvalue weighted by atomic mass is 32.1. The standard InChI is InChI=1S/C9H8N2S/c10-4-2-1-3-8-5-9(6-11)12-7-8/h5,7H,2,4,10H2. The van der Waals surface area contributed by atoms with Gasteiger partial charge >= 0.3 is 0 Å². The van der Waals surface area contributed by atoms with E-state index in [0.717, 1.165) is 5.56 Å². The molecule has 0 amide bonds. The average Bonchev–Trinajstić information content (AvgIpc) is 2.53. The van der Waals surface area contributed by atoms with Crippen LogP contribution in [0.25, 0.3) is 0 Å². The van der Waals surface area contributed by atoms with Gasteiger partial charge in [-0.3, -0.25) is 0 Å². The van der Waals surface area contributed by atoms with Crippen LogP contribution in [-0.4, -0.2) is 6.54 Å². The van der Waals surface area contributed by atoms with Crippen LogP contribution in [0.15, 0.2) is 11.4 Å². The molecule has 1 aromatic heterocycles. The van der Waals surface area contributed by atoms with E-state index in [0.29, 0.717) is 17.8 Å². The summed E-state index contributed by atoms with van der Waals surface area (Å²) in [5.74, 6) is 5.84. The molecular formula is C9H8N2S. The topological polar surface area (TPSA) is 49.8 Å². The van der Waals surface area contributed by atoms with Gasteiger partial charge in [-0.1, -0.05) is 11.8 Å². The van der Waals surface area contributed by atoms with E-state index < -0.39 is 0 Å². The molecule has 3 heteroatoms. The van der Waals surface area contributed by atoms with Gasteiger partial charge in [-0.25, -0.2) is 0 Å². The number of nitrogens with zero attached hydrogens (tertiary/aromatic N) is 1. The first-order chi connectivity index (χ1) is 5.86. The minimum atomic E-state index is 0.586. The van der Waals surface area contributed by atoms with Crippen molar-refractivity contribution in [3.63, 3.8) is 0 Å². The molecule has 0 fully saturated rings. The molecule has 0 aromatic carbocycles. The summed E-state index contributed by atoms with van der Waals surface area (Å²) in [5, 5.41) is 10.4. The molecule has 0 aliphatic rings. The quantitative estimate of drug-likeness (QED) is 0.656. The Balaban J connectivity index is 2.67. The van der Waals surface area contributed by atoms with E-state index in [-0.39, 0.29) is 0 Å². The van der Waals surface area contributed by atoms with Crippen molar-refractivity contribution in [3.8, 4) is 17.9 Å². The van der Waals surface area contributed by atoms with Crippen molar-refractivity contribution < 1.29 is 0 Å². The van der Waals surface area contributed by atoms with Crippen molar-refractivity contribution in [2.75, 3.05) is 6.54 Å². The van der Waals surface area contributed by atoms with Crippen LogP contribution in [-0.2, 0) is 0 Å². The average molecular weight is 176 g/mol. The summed E-state index contributed by atoms with van der Waals surface area (Å²) in [6.07, 6.45) is 0.706. The molecule has 0 atom stereocenters. The Labute approximate surface area is 75.6 Å². The van der Waals surface area contributed by atoms with Crippen LogP contribution in [0.4, 0.5) is 0 Å². The number of nitrogens with two attached hydrogens (primary N) is 1. The molecule has 0 bridgehead atoms. The van der Waals surface area contributed by atoms with E-state index in [1.54, 1.807) is 6.07 Å². The third-order valence-corrected chi connectivity index (χ3v) is 2.05. The van der Waals surface area contributed by atoms with Crippen molar-refractivity contribution in [3.05, 3.63) is 21.9 Å². The van der Waals surface area contributed by atoms with Crippen LogP contribution in [0.2, 0.25) is 0 Å². The highest BCUT2D eigenvalue weighted by molar-refractivity contribution is 7.10. The summed E-state index contributed by atoms with van der Waals surface area (Å²) in [4.78, 5) is 0.701. The lowest BCUT2D eigenvalue weighted by molar-refractivity contribution is 1.03. The van der Waals surface area contributed by atoms with Gasteiger partial charge in [0, 0.05) is 23.9 Å². The summed E-state index contributed by atoms with van der Waals surface area (Å²) < 4.78 is 0. The maximum atomic E-state index is 8.51. The molecule has 0 spiro atoms. The Morgan fingerprint density at radius 2 is 2.42 bits per heavy atom. The third kappa shape index (κ3) is 2.39. The van der Waals surface area contributed by atoms with Crippen molar-refractivity contribution in [2.45, 2.75) is 6.42 Å². The summed E-state index contributed by atoms with van der Waals surface area (Å²) >= 11 is 1.41. The van der Waals surface area contributed by atoms with Gasteiger partial charge in [0.05, 0.1) is 0 Å². The van der Waals surface area contributed by atoms with Crippen LogP contribution in [0.1, 0.15) is 16.9 Å². The molecule has 12 heavy (non-hydrogen) atoms. The van der Waals surface area contributed by atoms with Gasteiger partial charge in [-0.2, -0.15) is 5.26 Å². The zero-order valence-corrected chi connectivity index (χ0v) is 7.32. The first-order valence-corrected chi connectivity index (χ1v) is 4.42. The van der Waals surface area contributed by atoms with Crippen molar-refractivity contribution >= 4 is 11.3 Å². The SMILES string of the molecule is N#Cc1cc(C#CCCN)cs1. The fourth-order valence-electron chi connectivity index (χ4n) is 0.697. The lowest BCUT2D eigenvalue weighted by Gasteiger charge is -1.78. The fourth-order valence-corrected chi connectivity index (χ4v) is 1.33. The Hall–Kier alpha value is -1.29. The van der Waals surface area contributed by atoms with Crippen molar-refractivity contribution in [1.29, 1.82) is 5.26 Å². The van der Waals surface area contributed by atoms with E-state index in [1.165, 1.54) is 11.3 Å². The highest BCUT2D eigenvalue weighted by Crippen LogP contribution is 2.11. The van der Waals surface area contributed by atoms with Gasteiger partial charge in [-0.15, -0.1) is 11.3 Å². The van der Waals surface area contributed by atoms with E-state index in [1.807, 2.05) is 5.38 Å². The van der Waals surface area contributed by atoms with Crippen LogP contribution < -0.4 is 5.73 Å². The number of thiophene rings is 1. The second kappa shape index (κ2) is 4.56. The van der Waals surface area contributed by atoms with Crippen molar-refractivity contribution in [1.82, 2.24) is 0 Å². The van der Waals surface area contributed by atoms with E-state index >= 15 is 0 Å². The summed E-state index contributed by atoms with van der Waals surface area (Å²) in [7, 11) is 0. The van der Waals surface area contributed by atoms with Gasteiger partial charge in [0.2, 0.25) is 0 Å². The Morgan fingerprint density at radius 3 is 3.00 bits per heavy atom. The van der Waals surface area contributed by atoms with Crippen LogP contribution in [0, 0.1) is 23.2 Å².